The third kappa shape index (κ3) is 4.42. The highest BCUT2D eigenvalue weighted by molar-refractivity contribution is 6.28. The molecule has 1 aliphatic carbocycles. The predicted molar refractivity (Wildman–Crippen MR) is 214 cm³/mol. The Hall–Kier alpha value is -6.72. The van der Waals surface area contributed by atoms with Crippen molar-refractivity contribution in [2.45, 2.75) is 18.6 Å². The number of hydrogen-bond donors (Lipinski definition) is 1. The molecule has 3 heterocycles. The summed E-state index contributed by atoms with van der Waals surface area (Å²) in [6.45, 7) is 0. The molecule has 5 heteroatoms. The Morgan fingerprint density at radius 1 is 0.615 bits per heavy atom. The van der Waals surface area contributed by atoms with Gasteiger partial charge in [0.2, 0.25) is 0 Å². The minimum atomic E-state index is -0.274. The number of hydrogen-bond acceptors (Lipinski definition) is 4. The van der Waals surface area contributed by atoms with Gasteiger partial charge in [0.15, 0.2) is 5.84 Å². The molecular weight excluding hydrogens is 637 g/mol. The predicted octanol–water partition coefficient (Wildman–Crippen LogP) is 9.55. The Labute approximate surface area is 299 Å². The Morgan fingerprint density at radius 2 is 1.27 bits per heavy atom. The Balaban J connectivity index is 1.10. The van der Waals surface area contributed by atoms with Crippen LogP contribution < -0.4 is 16.0 Å². The highest BCUT2D eigenvalue weighted by Gasteiger charge is 2.26. The van der Waals surface area contributed by atoms with E-state index in [1.54, 1.807) is 0 Å². The molecule has 0 saturated carbocycles. The minimum absolute atomic E-state index is 0.0725. The summed E-state index contributed by atoms with van der Waals surface area (Å²) < 4.78 is 9.25. The molecule has 0 bridgehead atoms. The second-order valence-electron chi connectivity index (χ2n) is 13.7. The molecule has 0 radical (unpaired) electrons. The summed E-state index contributed by atoms with van der Waals surface area (Å²) in [5, 5.41) is 13.5. The van der Waals surface area contributed by atoms with Crippen LogP contribution in [0.1, 0.15) is 35.3 Å². The van der Waals surface area contributed by atoms with Crippen molar-refractivity contribution < 1.29 is 4.42 Å². The molecule has 2 atom stereocenters. The first kappa shape index (κ1) is 29.1. The summed E-state index contributed by atoms with van der Waals surface area (Å²) in [5.74, 6) is 1.49. The normalized spacial score (nSPS) is 17.1. The van der Waals surface area contributed by atoms with E-state index in [0.29, 0.717) is 5.84 Å². The third-order valence-electron chi connectivity index (χ3n) is 10.7. The first-order valence-electron chi connectivity index (χ1n) is 17.9. The number of furan rings is 1. The first-order chi connectivity index (χ1) is 25.8. The van der Waals surface area contributed by atoms with E-state index in [4.69, 9.17) is 14.4 Å². The summed E-state index contributed by atoms with van der Waals surface area (Å²) in [6, 6.07) is 53.5. The van der Waals surface area contributed by atoms with Gasteiger partial charge in [0, 0.05) is 32.5 Å². The van der Waals surface area contributed by atoms with Gasteiger partial charge in [0.05, 0.1) is 17.1 Å². The number of nitrogens with one attached hydrogen (secondary N) is 1. The molecule has 1 aliphatic heterocycles. The molecule has 2 unspecified atom stereocenters. The van der Waals surface area contributed by atoms with Crippen LogP contribution in [0.5, 0.6) is 0 Å². The van der Waals surface area contributed by atoms with Crippen LogP contribution in [0.2, 0.25) is 0 Å². The van der Waals surface area contributed by atoms with E-state index in [-0.39, 0.29) is 12.2 Å². The van der Waals surface area contributed by atoms with Crippen LogP contribution in [0.4, 0.5) is 0 Å². The Kier molecular flexibility index (Phi) is 6.37. The third-order valence-corrected chi connectivity index (χ3v) is 10.7. The molecule has 5 nitrogen and oxygen atoms in total. The average Bonchev–Trinajstić information content (AvgIpc) is 3.77. The highest BCUT2D eigenvalue weighted by Crippen LogP contribution is 2.41. The number of aromatic nitrogens is 1. The molecule has 246 valence electrons. The van der Waals surface area contributed by atoms with Gasteiger partial charge in [-0.05, 0) is 57.8 Å². The quantitative estimate of drug-likeness (QED) is 0.203. The zero-order valence-corrected chi connectivity index (χ0v) is 28.2. The van der Waals surface area contributed by atoms with Gasteiger partial charge in [-0.1, -0.05) is 140 Å². The van der Waals surface area contributed by atoms with Crippen LogP contribution in [-0.2, 0) is 0 Å². The van der Waals surface area contributed by atoms with Gasteiger partial charge in [-0.15, -0.1) is 0 Å². The number of aliphatic imine (C=N–C) groups is 2. The van der Waals surface area contributed by atoms with Crippen molar-refractivity contribution in [1.82, 2.24) is 9.88 Å². The number of nitrogens with zero attached hydrogens (tertiary/aromatic N) is 3. The Bertz CT molecular complexity index is 2990. The van der Waals surface area contributed by atoms with E-state index in [0.717, 1.165) is 50.6 Å². The van der Waals surface area contributed by atoms with Crippen LogP contribution in [0.15, 0.2) is 166 Å². The maximum Gasteiger partial charge on any atom is 0.159 e. The molecule has 9 aromatic rings. The van der Waals surface area contributed by atoms with Gasteiger partial charge in [0.1, 0.15) is 23.0 Å². The van der Waals surface area contributed by atoms with Crippen LogP contribution in [0.25, 0.3) is 66.5 Å². The van der Waals surface area contributed by atoms with Crippen LogP contribution in [0.3, 0.4) is 0 Å². The maximum absolute atomic E-state index is 6.72. The van der Waals surface area contributed by atoms with Gasteiger partial charge in [-0.25, -0.2) is 9.98 Å². The molecule has 7 aromatic carbocycles. The molecule has 1 N–H and O–H groups in total. The van der Waals surface area contributed by atoms with E-state index in [1.807, 2.05) is 24.3 Å². The number of amidine groups is 2. The molecule has 0 saturated heterocycles. The van der Waals surface area contributed by atoms with Gasteiger partial charge in [-0.3, -0.25) is 0 Å². The van der Waals surface area contributed by atoms with Crippen molar-refractivity contribution in [3.8, 4) is 0 Å². The number of rotatable bonds is 4. The molecule has 52 heavy (non-hydrogen) atoms. The molecule has 0 amide bonds. The lowest BCUT2D eigenvalue weighted by Crippen LogP contribution is -2.35. The van der Waals surface area contributed by atoms with Gasteiger partial charge in [0.25, 0.3) is 0 Å². The molecule has 0 spiro atoms. The zero-order chi connectivity index (χ0) is 34.2. The fraction of sp³-hybridized carbons (Fsp3) is 0.0638. The standard InChI is InChI=1S/C47H32N4O/c1-3-14-31(15-4-1)45-48-46(32-16-5-2-6-17-32)50-47(49-45)37-20-11-21-40-42(37)36-25-24-33(28-41(36)52-40)51-38-26-22-29-12-7-9-18-34(29)43(38)44-35-19-10-8-13-30(35)23-27-39(44)51/h1-23,25-28,33,45H,24H2,(H,48,49,50). The first-order valence-corrected chi connectivity index (χ1v) is 17.9. The van der Waals surface area contributed by atoms with Crippen LogP contribution >= 0.6 is 0 Å². The SMILES string of the molecule is C1=c2oc3cccc(C4=NC(c5ccccc5)=NC(c5ccccc5)N4)c3c2=CCC1n1c2ccc3ccccc3c2c2c3ccccc3ccc21. The van der Waals surface area contributed by atoms with Crippen molar-refractivity contribution in [1.29, 1.82) is 0 Å². The lowest BCUT2D eigenvalue weighted by Gasteiger charge is -2.24. The molecular formula is C47H32N4O. The largest absolute Gasteiger partial charge is 0.456 e. The molecule has 2 aliphatic rings. The van der Waals surface area contributed by atoms with Crippen molar-refractivity contribution in [2.24, 2.45) is 9.98 Å². The van der Waals surface area contributed by atoms with E-state index in [2.05, 4.69) is 149 Å². The number of fused-ring (bicyclic) bond motifs is 10. The summed E-state index contributed by atoms with van der Waals surface area (Å²) in [6.07, 6.45) is 5.24. The highest BCUT2D eigenvalue weighted by atomic mass is 16.3. The fourth-order valence-corrected chi connectivity index (χ4v) is 8.42. The van der Waals surface area contributed by atoms with Crippen molar-refractivity contribution in [3.05, 3.63) is 179 Å². The van der Waals surface area contributed by atoms with Gasteiger partial charge >= 0.3 is 0 Å². The summed E-state index contributed by atoms with van der Waals surface area (Å²) in [7, 11) is 0. The lowest BCUT2D eigenvalue weighted by molar-refractivity contribution is 0.560. The average molecular weight is 669 g/mol. The minimum Gasteiger partial charge on any atom is -0.456 e. The monoisotopic (exact) mass is 668 g/mol. The fourth-order valence-electron chi connectivity index (χ4n) is 8.42. The van der Waals surface area contributed by atoms with Gasteiger partial charge in [-0.2, -0.15) is 0 Å². The lowest BCUT2D eigenvalue weighted by atomic mass is 10.00. The number of benzene rings is 7. The smallest absolute Gasteiger partial charge is 0.159 e. The maximum atomic E-state index is 6.72. The van der Waals surface area contributed by atoms with Crippen LogP contribution in [0, 0.1) is 0 Å². The van der Waals surface area contributed by atoms with Crippen LogP contribution in [-0.4, -0.2) is 16.2 Å². The molecule has 11 rings (SSSR count). The van der Waals surface area contributed by atoms with Gasteiger partial charge < -0.3 is 14.3 Å². The van der Waals surface area contributed by atoms with Crippen molar-refractivity contribution in [3.63, 3.8) is 0 Å². The molecule has 0 fully saturated rings. The van der Waals surface area contributed by atoms with Crippen molar-refractivity contribution >= 4 is 78.1 Å². The van der Waals surface area contributed by atoms with E-state index >= 15 is 0 Å². The zero-order valence-electron chi connectivity index (χ0n) is 28.2. The second kappa shape index (κ2) is 11.4. The summed E-state index contributed by atoms with van der Waals surface area (Å²) >= 11 is 0. The van der Waals surface area contributed by atoms with E-state index in [1.165, 1.54) is 43.4 Å². The van der Waals surface area contributed by atoms with E-state index in [9.17, 15) is 0 Å². The second-order valence-corrected chi connectivity index (χ2v) is 13.7. The molecule has 2 aromatic heterocycles. The topological polar surface area (TPSA) is 54.8 Å². The summed E-state index contributed by atoms with van der Waals surface area (Å²) in [4.78, 5) is 10.2. The van der Waals surface area contributed by atoms with E-state index < -0.39 is 0 Å². The van der Waals surface area contributed by atoms with Crippen molar-refractivity contribution in [2.75, 3.05) is 0 Å². The summed E-state index contributed by atoms with van der Waals surface area (Å²) in [5.41, 5.74) is 7.28. The Morgan fingerprint density at radius 3 is 1.98 bits per heavy atom.